The van der Waals surface area contributed by atoms with Crippen LogP contribution in [0.3, 0.4) is 0 Å². The second-order valence-corrected chi connectivity index (χ2v) is 6.76. The molecular weight excluding hydrogens is 333 g/mol. The van der Waals surface area contributed by atoms with Crippen LogP contribution in [0.25, 0.3) is 6.08 Å². The molecule has 0 aliphatic carbocycles. The highest BCUT2D eigenvalue weighted by molar-refractivity contribution is 6.13. The van der Waals surface area contributed by atoms with Crippen LogP contribution >= 0.6 is 0 Å². The first-order valence-electron chi connectivity index (χ1n) is 8.56. The SMILES string of the molecule is Cc1cc(C=C2NC(=O)N(Cc3ccccc3F)C2=O)c(C)n1C(C)C. The van der Waals surface area contributed by atoms with Crippen molar-refractivity contribution in [3.8, 4) is 0 Å². The van der Waals surface area contributed by atoms with E-state index in [9.17, 15) is 14.0 Å². The van der Waals surface area contributed by atoms with Crippen molar-refractivity contribution in [2.45, 2.75) is 40.3 Å². The first-order valence-corrected chi connectivity index (χ1v) is 8.56. The lowest BCUT2D eigenvalue weighted by Gasteiger charge is -2.13. The minimum atomic E-state index is -0.540. The van der Waals surface area contributed by atoms with Gasteiger partial charge < -0.3 is 9.88 Å². The molecule has 0 saturated carbocycles. The number of carbonyl (C=O) groups excluding carboxylic acids is 2. The summed E-state index contributed by atoms with van der Waals surface area (Å²) in [4.78, 5) is 25.8. The van der Waals surface area contributed by atoms with Gasteiger partial charge in [-0.15, -0.1) is 0 Å². The predicted molar refractivity (Wildman–Crippen MR) is 97.7 cm³/mol. The van der Waals surface area contributed by atoms with Crippen molar-refractivity contribution in [3.05, 3.63) is 64.4 Å². The summed E-state index contributed by atoms with van der Waals surface area (Å²) in [6.45, 7) is 8.08. The molecule has 1 aliphatic heterocycles. The van der Waals surface area contributed by atoms with Crippen LogP contribution in [0.15, 0.2) is 36.0 Å². The van der Waals surface area contributed by atoms with Crippen molar-refractivity contribution in [1.29, 1.82) is 0 Å². The Bertz CT molecular complexity index is 912. The molecule has 0 atom stereocenters. The number of amides is 3. The molecule has 0 unspecified atom stereocenters. The van der Waals surface area contributed by atoms with E-state index in [0.29, 0.717) is 11.6 Å². The zero-order valence-corrected chi connectivity index (χ0v) is 15.3. The third-order valence-corrected chi connectivity index (χ3v) is 4.59. The first kappa shape index (κ1) is 17.9. The van der Waals surface area contributed by atoms with Crippen molar-refractivity contribution in [2.75, 3.05) is 0 Å². The van der Waals surface area contributed by atoms with Crippen LogP contribution in [0.5, 0.6) is 0 Å². The van der Waals surface area contributed by atoms with Gasteiger partial charge in [-0.25, -0.2) is 9.18 Å². The Morgan fingerprint density at radius 3 is 2.50 bits per heavy atom. The van der Waals surface area contributed by atoms with Gasteiger partial charge in [-0.05, 0) is 51.5 Å². The Hall–Kier alpha value is -2.89. The van der Waals surface area contributed by atoms with E-state index < -0.39 is 17.8 Å². The standard InChI is InChI=1S/C20H22FN3O2/c1-12(2)24-13(3)9-16(14(24)4)10-18-19(25)23(20(26)22-18)11-15-7-5-6-8-17(15)21/h5-10,12H,11H2,1-4H3,(H,22,26). The van der Waals surface area contributed by atoms with Crippen LogP contribution < -0.4 is 5.32 Å². The molecule has 1 N–H and O–H groups in total. The van der Waals surface area contributed by atoms with Crippen molar-refractivity contribution < 1.29 is 14.0 Å². The quantitative estimate of drug-likeness (QED) is 0.668. The average Bonchev–Trinajstić information content (AvgIpc) is 3.00. The molecule has 6 heteroatoms. The fourth-order valence-electron chi connectivity index (χ4n) is 3.41. The number of imide groups is 1. The molecule has 1 aliphatic rings. The molecule has 1 fully saturated rings. The van der Waals surface area contributed by atoms with Gasteiger partial charge in [0.15, 0.2) is 0 Å². The normalized spacial score (nSPS) is 16.1. The molecule has 1 aromatic heterocycles. The Morgan fingerprint density at radius 2 is 1.88 bits per heavy atom. The Morgan fingerprint density at radius 1 is 1.19 bits per heavy atom. The second kappa shape index (κ2) is 6.78. The number of nitrogens with one attached hydrogen (secondary N) is 1. The molecule has 0 radical (unpaired) electrons. The zero-order chi connectivity index (χ0) is 19.0. The summed E-state index contributed by atoms with van der Waals surface area (Å²) >= 11 is 0. The Kier molecular flexibility index (Phi) is 4.68. The summed E-state index contributed by atoms with van der Waals surface area (Å²) in [5.41, 5.74) is 3.50. The number of urea groups is 1. The molecular formula is C20H22FN3O2. The van der Waals surface area contributed by atoms with Crippen LogP contribution in [0.1, 0.15) is 42.4 Å². The van der Waals surface area contributed by atoms with Crippen molar-refractivity contribution in [3.63, 3.8) is 0 Å². The molecule has 2 heterocycles. The Balaban J connectivity index is 1.88. The summed E-state index contributed by atoms with van der Waals surface area (Å²) in [5, 5.41) is 2.59. The molecule has 5 nitrogen and oxygen atoms in total. The van der Waals surface area contributed by atoms with Crippen molar-refractivity contribution in [2.24, 2.45) is 0 Å². The fraction of sp³-hybridized carbons (Fsp3) is 0.300. The minimum Gasteiger partial charge on any atom is -0.346 e. The molecule has 2 aromatic rings. The van der Waals surface area contributed by atoms with Gasteiger partial charge in [0.2, 0.25) is 0 Å². The monoisotopic (exact) mass is 355 g/mol. The molecule has 136 valence electrons. The number of hydrogen-bond donors (Lipinski definition) is 1. The maximum absolute atomic E-state index is 13.8. The van der Waals surface area contributed by atoms with E-state index in [1.807, 2.05) is 19.9 Å². The highest BCUT2D eigenvalue weighted by Gasteiger charge is 2.34. The van der Waals surface area contributed by atoms with Crippen LogP contribution in [0, 0.1) is 19.7 Å². The molecule has 26 heavy (non-hydrogen) atoms. The van der Waals surface area contributed by atoms with Gasteiger partial charge in [0, 0.05) is 23.0 Å². The van der Waals surface area contributed by atoms with Gasteiger partial charge in [0.05, 0.1) is 6.54 Å². The largest absolute Gasteiger partial charge is 0.346 e. The predicted octanol–water partition coefficient (Wildman–Crippen LogP) is 3.92. The van der Waals surface area contributed by atoms with Crippen molar-refractivity contribution in [1.82, 2.24) is 14.8 Å². The number of benzene rings is 1. The molecule has 0 spiro atoms. The zero-order valence-electron chi connectivity index (χ0n) is 15.3. The van der Waals surface area contributed by atoms with Gasteiger partial charge in [-0.1, -0.05) is 18.2 Å². The van der Waals surface area contributed by atoms with Gasteiger partial charge >= 0.3 is 6.03 Å². The summed E-state index contributed by atoms with van der Waals surface area (Å²) in [6, 6.07) is 7.87. The topological polar surface area (TPSA) is 54.3 Å². The van der Waals surface area contributed by atoms with Gasteiger partial charge in [-0.3, -0.25) is 9.69 Å². The smallest absolute Gasteiger partial charge is 0.329 e. The maximum Gasteiger partial charge on any atom is 0.329 e. The molecule has 3 rings (SSSR count). The molecule has 1 aromatic carbocycles. The Labute approximate surface area is 152 Å². The van der Waals surface area contributed by atoms with Crippen LogP contribution in [0.2, 0.25) is 0 Å². The van der Waals surface area contributed by atoms with E-state index >= 15 is 0 Å². The number of halogens is 1. The fourth-order valence-corrected chi connectivity index (χ4v) is 3.41. The van der Waals surface area contributed by atoms with Gasteiger partial charge in [0.1, 0.15) is 11.5 Å². The summed E-state index contributed by atoms with van der Waals surface area (Å²) in [7, 11) is 0. The second-order valence-electron chi connectivity index (χ2n) is 6.76. The summed E-state index contributed by atoms with van der Waals surface area (Å²) in [5.74, 6) is -0.890. The van der Waals surface area contributed by atoms with Gasteiger partial charge in [0.25, 0.3) is 5.91 Å². The lowest BCUT2D eigenvalue weighted by atomic mass is 10.2. The number of aromatic nitrogens is 1. The van der Waals surface area contributed by atoms with E-state index in [2.05, 4.69) is 23.7 Å². The van der Waals surface area contributed by atoms with Gasteiger partial charge in [-0.2, -0.15) is 0 Å². The number of nitrogens with zero attached hydrogens (tertiary/aromatic N) is 2. The number of rotatable bonds is 4. The maximum atomic E-state index is 13.8. The van der Waals surface area contributed by atoms with E-state index in [0.717, 1.165) is 21.9 Å². The molecule has 0 bridgehead atoms. The number of aryl methyl sites for hydroxylation is 1. The third-order valence-electron chi connectivity index (χ3n) is 4.59. The van der Waals surface area contributed by atoms with Crippen LogP contribution in [-0.4, -0.2) is 21.4 Å². The first-order chi connectivity index (χ1) is 12.3. The van der Waals surface area contributed by atoms with Crippen LogP contribution in [0.4, 0.5) is 9.18 Å². The molecule has 3 amide bonds. The summed E-state index contributed by atoms with van der Waals surface area (Å²) < 4.78 is 16.0. The lowest BCUT2D eigenvalue weighted by Crippen LogP contribution is -2.30. The van der Waals surface area contributed by atoms with Crippen molar-refractivity contribution >= 4 is 18.0 Å². The minimum absolute atomic E-state index is 0.0975. The number of hydrogen-bond acceptors (Lipinski definition) is 2. The average molecular weight is 355 g/mol. The van der Waals surface area contributed by atoms with E-state index in [4.69, 9.17) is 0 Å². The lowest BCUT2D eigenvalue weighted by molar-refractivity contribution is -0.123. The van der Waals surface area contributed by atoms with E-state index in [-0.39, 0.29) is 12.2 Å². The van der Waals surface area contributed by atoms with E-state index in [1.54, 1.807) is 24.3 Å². The highest BCUT2D eigenvalue weighted by Crippen LogP contribution is 2.24. The summed E-state index contributed by atoms with van der Waals surface area (Å²) in [6.07, 6.45) is 1.68. The highest BCUT2D eigenvalue weighted by atomic mass is 19.1. The third kappa shape index (κ3) is 3.14. The number of carbonyl (C=O) groups is 2. The van der Waals surface area contributed by atoms with E-state index in [1.165, 1.54) is 6.07 Å². The van der Waals surface area contributed by atoms with Crippen LogP contribution in [-0.2, 0) is 11.3 Å². The molecule has 1 saturated heterocycles.